The Kier molecular flexibility index (Phi) is 6.34. The molecule has 0 aromatic rings. The Morgan fingerprint density at radius 2 is 1.95 bits per heavy atom. The molecule has 19 heavy (non-hydrogen) atoms. The average molecular weight is 264 g/mol. The second-order valence-electron chi connectivity index (χ2n) is 5.86. The van der Waals surface area contributed by atoms with Gasteiger partial charge >= 0.3 is 0 Å². The summed E-state index contributed by atoms with van der Waals surface area (Å²) in [6.07, 6.45) is 6.62. The molecule has 1 aliphatic heterocycles. The van der Waals surface area contributed by atoms with Crippen LogP contribution in [-0.4, -0.2) is 23.9 Å². The molecule has 1 aliphatic rings. The van der Waals surface area contributed by atoms with Crippen LogP contribution in [0.25, 0.3) is 0 Å². The van der Waals surface area contributed by atoms with Gasteiger partial charge in [0.05, 0.1) is 6.07 Å². The van der Waals surface area contributed by atoms with Gasteiger partial charge in [-0.25, -0.2) is 0 Å². The van der Waals surface area contributed by atoms with Gasteiger partial charge < -0.3 is 4.90 Å². The van der Waals surface area contributed by atoms with E-state index in [1.165, 1.54) is 6.42 Å². The number of nitriles is 1. The summed E-state index contributed by atoms with van der Waals surface area (Å²) in [4.78, 5) is 14.8. The largest absolute Gasteiger partial charge is 0.341 e. The van der Waals surface area contributed by atoms with Crippen LogP contribution in [0, 0.1) is 22.7 Å². The topological polar surface area (TPSA) is 44.1 Å². The summed E-state index contributed by atoms with van der Waals surface area (Å²) in [5.41, 5.74) is -0.765. The van der Waals surface area contributed by atoms with E-state index in [0.717, 1.165) is 38.8 Å². The molecule has 1 fully saturated rings. The molecular weight excluding hydrogens is 236 g/mol. The second-order valence-corrected chi connectivity index (χ2v) is 5.86. The van der Waals surface area contributed by atoms with Crippen LogP contribution < -0.4 is 0 Å². The molecule has 0 saturated carbocycles. The zero-order valence-corrected chi connectivity index (χ0v) is 12.7. The predicted molar refractivity (Wildman–Crippen MR) is 77.5 cm³/mol. The fraction of sp³-hybridized carbons (Fsp3) is 0.875. The SMILES string of the molecule is CCCC(C#N)(CCC)C(=O)N1CCCC(CC)C1. The second kappa shape index (κ2) is 7.53. The third kappa shape index (κ3) is 3.72. The van der Waals surface area contributed by atoms with E-state index in [9.17, 15) is 10.1 Å². The van der Waals surface area contributed by atoms with Crippen molar-refractivity contribution in [1.82, 2.24) is 4.90 Å². The number of nitrogens with zero attached hydrogens (tertiary/aromatic N) is 2. The molecule has 0 aromatic heterocycles. The van der Waals surface area contributed by atoms with Gasteiger partial charge in [-0.1, -0.05) is 40.0 Å². The molecule has 3 heteroatoms. The van der Waals surface area contributed by atoms with E-state index in [1.807, 2.05) is 4.90 Å². The van der Waals surface area contributed by atoms with E-state index >= 15 is 0 Å². The Morgan fingerprint density at radius 3 is 2.42 bits per heavy atom. The van der Waals surface area contributed by atoms with Crippen molar-refractivity contribution in [3.8, 4) is 6.07 Å². The van der Waals surface area contributed by atoms with Crippen molar-refractivity contribution >= 4 is 5.91 Å². The van der Waals surface area contributed by atoms with Gasteiger partial charge in [0, 0.05) is 13.1 Å². The van der Waals surface area contributed by atoms with Crippen LogP contribution in [0.15, 0.2) is 0 Å². The van der Waals surface area contributed by atoms with Crippen molar-refractivity contribution in [2.75, 3.05) is 13.1 Å². The summed E-state index contributed by atoms with van der Waals surface area (Å²) in [5.74, 6) is 0.717. The predicted octanol–water partition coefficient (Wildman–Crippen LogP) is 3.75. The minimum atomic E-state index is -0.765. The number of piperidine rings is 1. The number of rotatable bonds is 6. The van der Waals surface area contributed by atoms with Crippen LogP contribution in [0.4, 0.5) is 0 Å². The summed E-state index contributed by atoms with van der Waals surface area (Å²) in [6, 6.07) is 2.36. The lowest BCUT2D eigenvalue weighted by atomic mass is 9.78. The van der Waals surface area contributed by atoms with Crippen molar-refractivity contribution in [2.45, 2.75) is 65.7 Å². The molecule has 1 unspecified atom stereocenters. The van der Waals surface area contributed by atoms with Crippen molar-refractivity contribution in [3.63, 3.8) is 0 Å². The fourth-order valence-electron chi connectivity index (χ4n) is 3.24. The molecule has 0 bridgehead atoms. The molecule has 1 rings (SSSR count). The molecule has 0 aromatic carbocycles. The highest BCUT2D eigenvalue weighted by molar-refractivity contribution is 5.85. The minimum absolute atomic E-state index is 0.0943. The molecule has 0 radical (unpaired) electrons. The average Bonchev–Trinajstić information content (AvgIpc) is 2.46. The molecule has 0 spiro atoms. The molecule has 1 heterocycles. The maximum absolute atomic E-state index is 12.8. The number of carbonyl (C=O) groups is 1. The molecule has 0 aliphatic carbocycles. The van der Waals surface area contributed by atoms with Gasteiger partial charge in [0.25, 0.3) is 0 Å². The van der Waals surface area contributed by atoms with Gasteiger partial charge in [-0.05, 0) is 31.6 Å². The highest BCUT2D eigenvalue weighted by atomic mass is 16.2. The lowest BCUT2D eigenvalue weighted by molar-refractivity contribution is -0.141. The van der Waals surface area contributed by atoms with E-state index in [4.69, 9.17) is 0 Å². The van der Waals surface area contributed by atoms with E-state index in [-0.39, 0.29) is 5.91 Å². The van der Waals surface area contributed by atoms with Gasteiger partial charge in [-0.3, -0.25) is 4.79 Å². The zero-order chi connectivity index (χ0) is 14.3. The Labute approximate surface area is 118 Å². The van der Waals surface area contributed by atoms with E-state index in [2.05, 4.69) is 26.8 Å². The fourth-order valence-corrected chi connectivity index (χ4v) is 3.24. The first-order valence-corrected chi connectivity index (χ1v) is 7.84. The van der Waals surface area contributed by atoms with Crippen LogP contribution in [0.3, 0.4) is 0 Å². The van der Waals surface area contributed by atoms with Gasteiger partial charge in [-0.15, -0.1) is 0 Å². The number of hydrogen-bond donors (Lipinski definition) is 0. The van der Waals surface area contributed by atoms with Crippen molar-refractivity contribution in [1.29, 1.82) is 5.26 Å². The lowest BCUT2D eigenvalue weighted by Crippen LogP contribution is -2.47. The molecule has 108 valence electrons. The zero-order valence-electron chi connectivity index (χ0n) is 12.7. The summed E-state index contributed by atoms with van der Waals surface area (Å²) < 4.78 is 0. The van der Waals surface area contributed by atoms with E-state index in [1.54, 1.807) is 0 Å². The minimum Gasteiger partial charge on any atom is -0.341 e. The standard InChI is InChI=1S/C16H28N2O/c1-4-9-16(13-17,10-5-2)15(19)18-11-7-8-14(6-3)12-18/h14H,4-12H2,1-3H3. The Morgan fingerprint density at radius 1 is 1.32 bits per heavy atom. The van der Waals surface area contributed by atoms with E-state index in [0.29, 0.717) is 18.8 Å². The van der Waals surface area contributed by atoms with Crippen LogP contribution in [0.2, 0.25) is 0 Å². The van der Waals surface area contributed by atoms with E-state index < -0.39 is 5.41 Å². The monoisotopic (exact) mass is 264 g/mol. The Hall–Kier alpha value is -1.04. The molecule has 1 atom stereocenters. The van der Waals surface area contributed by atoms with Crippen molar-refractivity contribution in [2.24, 2.45) is 11.3 Å². The summed E-state index contributed by atoms with van der Waals surface area (Å²) in [5, 5.41) is 9.57. The quantitative estimate of drug-likeness (QED) is 0.733. The third-order valence-electron chi connectivity index (χ3n) is 4.36. The normalized spacial score (nSPS) is 20.1. The number of amides is 1. The summed E-state index contributed by atoms with van der Waals surface area (Å²) in [7, 11) is 0. The van der Waals surface area contributed by atoms with Gasteiger partial charge in [0.2, 0.25) is 5.91 Å². The maximum Gasteiger partial charge on any atom is 0.243 e. The van der Waals surface area contributed by atoms with Crippen molar-refractivity contribution in [3.05, 3.63) is 0 Å². The summed E-state index contributed by atoms with van der Waals surface area (Å²) in [6.45, 7) is 7.99. The first-order chi connectivity index (χ1) is 9.13. The number of hydrogen-bond acceptors (Lipinski definition) is 2. The third-order valence-corrected chi connectivity index (χ3v) is 4.36. The van der Waals surface area contributed by atoms with Gasteiger partial charge in [0.1, 0.15) is 5.41 Å². The molecule has 1 amide bonds. The van der Waals surface area contributed by atoms with Crippen LogP contribution >= 0.6 is 0 Å². The molecular formula is C16H28N2O. The number of carbonyl (C=O) groups excluding carboxylic acids is 1. The first-order valence-electron chi connectivity index (χ1n) is 7.84. The van der Waals surface area contributed by atoms with Gasteiger partial charge in [-0.2, -0.15) is 5.26 Å². The Bertz CT molecular complexity index is 326. The Balaban J connectivity index is 2.83. The first kappa shape index (κ1) is 16.0. The smallest absolute Gasteiger partial charge is 0.243 e. The van der Waals surface area contributed by atoms with Gasteiger partial charge in [0.15, 0.2) is 0 Å². The molecule has 1 saturated heterocycles. The number of likely N-dealkylation sites (tertiary alicyclic amines) is 1. The highest BCUT2D eigenvalue weighted by Crippen LogP contribution is 2.33. The lowest BCUT2D eigenvalue weighted by Gasteiger charge is -2.37. The summed E-state index contributed by atoms with van der Waals surface area (Å²) >= 11 is 0. The van der Waals surface area contributed by atoms with Crippen LogP contribution in [0.5, 0.6) is 0 Å². The highest BCUT2D eigenvalue weighted by Gasteiger charge is 2.41. The van der Waals surface area contributed by atoms with Crippen LogP contribution in [0.1, 0.15) is 65.7 Å². The van der Waals surface area contributed by atoms with Crippen molar-refractivity contribution < 1.29 is 4.79 Å². The molecule has 3 nitrogen and oxygen atoms in total. The van der Waals surface area contributed by atoms with Crippen LogP contribution in [-0.2, 0) is 4.79 Å². The molecule has 0 N–H and O–H groups in total. The maximum atomic E-state index is 12.8.